The Labute approximate surface area is 214 Å². The highest BCUT2D eigenvalue weighted by atomic mass is 32.2. The number of nitrogens with zero attached hydrogens (tertiary/aromatic N) is 3. The van der Waals surface area contributed by atoms with Crippen LogP contribution in [0.5, 0.6) is 0 Å². The van der Waals surface area contributed by atoms with E-state index in [1.165, 1.54) is 24.2 Å². The maximum absolute atomic E-state index is 13.6. The second kappa shape index (κ2) is 9.04. The van der Waals surface area contributed by atoms with Crippen LogP contribution in [0, 0.1) is 17.2 Å². The second-order valence-electron chi connectivity index (χ2n) is 11.6. The normalized spacial score (nSPS) is 38.2. The summed E-state index contributed by atoms with van der Waals surface area (Å²) in [5, 5.41) is 0. The third kappa shape index (κ3) is 5.18. The maximum atomic E-state index is 13.6. The van der Waals surface area contributed by atoms with Gasteiger partial charge in [0.05, 0.1) is 42.8 Å². The lowest BCUT2D eigenvalue weighted by molar-refractivity contribution is -0.0171. The average molecular weight is 547 g/mol. The predicted octanol–water partition coefficient (Wildman–Crippen LogP) is 3.01. The summed E-state index contributed by atoms with van der Waals surface area (Å²) in [4.78, 5) is 22.8. The second-order valence-corrected chi connectivity index (χ2v) is 13.3. The van der Waals surface area contributed by atoms with Crippen LogP contribution >= 0.6 is 0 Å². The molecule has 4 fully saturated rings. The fraction of sp³-hybridized carbons (Fsp3) is 0.792. The zero-order valence-corrected chi connectivity index (χ0v) is 21.9. The maximum Gasteiger partial charge on any atom is 0.410 e. The molecule has 13 heteroatoms. The van der Waals surface area contributed by atoms with Crippen molar-refractivity contribution in [1.29, 1.82) is 0 Å². The first-order valence-corrected chi connectivity index (χ1v) is 14.5. The summed E-state index contributed by atoms with van der Waals surface area (Å²) < 4.78 is 78.5. The Morgan fingerprint density at radius 3 is 2.54 bits per heavy atom. The summed E-state index contributed by atoms with van der Waals surface area (Å²) >= 11 is 0. The number of aromatic nitrogens is 2. The van der Waals surface area contributed by atoms with Crippen LogP contribution in [0.1, 0.15) is 58.2 Å². The van der Waals surface area contributed by atoms with Crippen molar-refractivity contribution < 1.29 is 35.9 Å². The van der Waals surface area contributed by atoms with Gasteiger partial charge < -0.3 is 9.47 Å². The number of amides is 1. The van der Waals surface area contributed by atoms with Crippen molar-refractivity contribution in [3.63, 3.8) is 0 Å². The number of ether oxygens (including phenoxy) is 2. The summed E-state index contributed by atoms with van der Waals surface area (Å²) in [6.45, 7) is 2.82. The monoisotopic (exact) mass is 546 g/mol. The number of alkyl halides is 2. The predicted molar refractivity (Wildman–Crippen MR) is 126 cm³/mol. The first-order chi connectivity index (χ1) is 17.2. The van der Waals surface area contributed by atoms with Gasteiger partial charge in [-0.05, 0) is 44.9 Å². The minimum Gasteiger partial charge on any atom is -0.449 e. The topological polar surface area (TPSA) is 111 Å². The molecule has 1 N–H and O–H groups in total. The number of sulfonamides is 1. The SMILES string of the molecule is C[C@@H]1C[C@H](NS(C)(=O)=O)[C@H](CO[C@H]2CC[C@@]3(c4ncc(F)cn4)C[C@H]3C2)N1C(=O)OCC1(C)CC1(F)F. The molecule has 5 rings (SSSR count). The molecule has 1 aliphatic heterocycles. The molecule has 37 heavy (non-hydrogen) atoms. The van der Waals surface area contributed by atoms with E-state index in [0.29, 0.717) is 18.2 Å². The fourth-order valence-corrected chi connectivity index (χ4v) is 6.96. The molecule has 206 valence electrons. The number of halogens is 3. The number of hydrogen-bond acceptors (Lipinski definition) is 7. The Morgan fingerprint density at radius 2 is 1.95 bits per heavy atom. The van der Waals surface area contributed by atoms with Gasteiger partial charge in [-0.25, -0.2) is 41.1 Å². The number of fused-ring (bicyclic) bond motifs is 1. The van der Waals surface area contributed by atoms with Gasteiger partial charge in [0.2, 0.25) is 10.0 Å². The number of rotatable bonds is 8. The van der Waals surface area contributed by atoms with Crippen molar-refractivity contribution in [3.8, 4) is 0 Å². The van der Waals surface area contributed by atoms with Crippen molar-refractivity contribution in [2.45, 2.75) is 87.9 Å². The molecule has 2 heterocycles. The molecule has 3 aliphatic carbocycles. The van der Waals surface area contributed by atoms with Gasteiger partial charge in [0.15, 0.2) is 5.82 Å². The summed E-state index contributed by atoms with van der Waals surface area (Å²) in [5.74, 6) is -2.36. The molecule has 1 aromatic rings. The van der Waals surface area contributed by atoms with E-state index in [0.717, 1.165) is 31.9 Å². The Balaban J connectivity index is 1.22. The Bertz CT molecular complexity index is 1160. The van der Waals surface area contributed by atoms with E-state index in [1.807, 2.05) is 0 Å². The van der Waals surface area contributed by atoms with Crippen LogP contribution < -0.4 is 4.72 Å². The van der Waals surface area contributed by atoms with E-state index in [-0.39, 0.29) is 30.6 Å². The van der Waals surface area contributed by atoms with E-state index in [1.54, 1.807) is 6.92 Å². The lowest BCUT2D eigenvalue weighted by Crippen LogP contribution is -2.50. The summed E-state index contributed by atoms with van der Waals surface area (Å²) in [6, 6.07) is -1.60. The molecule has 0 bridgehead atoms. The van der Waals surface area contributed by atoms with Gasteiger partial charge in [0.1, 0.15) is 12.4 Å². The minimum absolute atomic E-state index is 0.0808. The largest absolute Gasteiger partial charge is 0.449 e. The van der Waals surface area contributed by atoms with Crippen LogP contribution in [0.3, 0.4) is 0 Å². The Hall–Kier alpha value is -1.99. The molecule has 0 spiro atoms. The highest BCUT2D eigenvalue weighted by Crippen LogP contribution is 2.62. The van der Waals surface area contributed by atoms with E-state index >= 15 is 0 Å². The molecule has 0 aromatic carbocycles. The summed E-state index contributed by atoms with van der Waals surface area (Å²) in [6.07, 6.45) is 5.76. The number of nitrogens with one attached hydrogen (secondary N) is 1. The lowest BCUT2D eigenvalue weighted by atomic mass is 9.86. The number of hydrogen-bond donors (Lipinski definition) is 1. The third-order valence-electron chi connectivity index (χ3n) is 8.61. The molecule has 3 saturated carbocycles. The molecule has 9 nitrogen and oxygen atoms in total. The average Bonchev–Trinajstić information content (AvgIpc) is 3.61. The van der Waals surface area contributed by atoms with Gasteiger partial charge in [0.25, 0.3) is 5.92 Å². The highest BCUT2D eigenvalue weighted by Gasteiger charge is 2.68. The minimum atomic E-state index is -3.57. The van der Waals surface area contributed by atoms with Crippen LogP contribution in [0.2, 0.25) is 0 Å². The van der Waals surface area contributed by atoms with Crippen molar-refractivity contribution in [1.82, 2.24) is 19.6 Å². The lowest BCUT2D eigenvalue weighted by Gasteiger charge is -2.33. The van der Waals surface area contributed by atoms with Gasteiger partial charge in [-0.15, -0.1) is 0 Å². The first-order valence-electron chi connectivity index (χ1n) is 12.6. The van der Waals surface area contributed by atoms with E-state index < -0.39 is 52.0 Å². The molecule has 1 unspecified atom stereocenters. The standard InChI is InChI=1S/C24H33F3N4O5S/c1-14-6-18(30-37(3,33)34)19(31(14)21(32)36-13-22(2)12-24(22,26)27)11-35-17-4-5-23(8-15(23)7-17)20-28-9-16(25)10-29-20/h9-10,14-15,17-19,30H,4-8,11-13H2,1-3H3/t14-,15-,17+,18+,19+,22?,23-/m1/s1. The van der Waals surface area contributed by atoms with Crippen molar-refractivity contribution in [2.75, 3.05) is 19.5 Å². The van der Waals surface area contributed by atoms with Gasteiger partial charge in [-0.2, -0.15) is 0 Å². The zero-order valence-electron chi connectivity index (χ0n) is 21.1. The number of carbonyl (C=O) groups is 1. The van der Waals surface area contributed by atoms with Crippen molar-refractivity contribution in [3.05, 3.63) is 24.0 Å². The first kappa shape index (κ1) is 26.6. The van der Waals surface area contributed by atoms with Gasteiger partial charge in [-0.1, -0.05) is 6.92 Å². The van der Waals surface area contributed by atoms with Crippen LogP contribution in [0.4, 0.5) is 18.0 Å². The van der Waals surface area contributed by atoms with E-state index in [2.05, 4.69) is 14.7 Å². The summed E-state index contributed by atoms with van der Waals surface area (Å²) in [5.41, 5.74) is -1.51. The molecule has 1 aromatic heterocycles. The van der Waals surface area contributed by atoms with Crippen LogP contribution in [-0.4, -0.2) is 79.0 Å². The molecule has 7 atom stereocenters. The Morgan fingerprint density at radius 1 is 1.27 bits per heavy atom. The van der Waals surface area contributed by atoms with Crippen LogP contribution in [0.25, 0.3) is 0 Å². The number of carbonyl (C=O) groups excluding carboxylic acids is 1. The third-order valence-corrected chi connectivity index (χ3v) is 9.34. The molecule has 1 saturated heterocycles. The molecular weight excluding hydrogens is 513 g/mol. The van der Waals surface area contributed by atoms with E-state index in [9.17, 15) is 26.4 Å². The van der Waals surface area contributed by atoms with Gasteiger partial charge in [0, 0.05) is 23.9 Å². The number of likely N-dealkylation sites (tertiary alicyclic amines) is 1. The Kier molecular flexibility index (Phi) is 6.51. The van der Waals surface area contributed by atoms with Crippen molar-refractivity contribution >= 4 is 16.1 Å². The smallest absolute Gasteiger partial charge is 0.410 e. The molecule has 1 amide bonds. The van der Waals surface area contributed by atoms with Gasteiger partial charge >= 0.3 is 6.09 Å². The quantitative estimate of drug-likeness (QED) is 0.534. The van der Waals surface area contributed by atoms with Gasteiger partial charge in [-0.3, -0.25) is 4.90 Å². The fourth-order valence-electron chi connectivity index (χ4n) is 6.16. The van der Waals surface area contributed by atoms with Crippen molar-refractivity contribution in [2.24, 2.45) is 11.3 Å². The molecule has 4 aliphatic rings. The van der Waals surface area contributed by atoms with Crippen LogP contribution in [-0.2, 0) is 24.9 Å². The zero-order chi connectivity index (χ0) is 26.8. The molecular formula is C24H33F3N4O5S. The highest BCUT2D eigenvalue weighted by molar-refractivity contribution is 7.88. The van der Waals surface area contributed by atoms with Crippen LogP contribution in [0.15, 0.2) is 12.4 Å². The summed E-state index contributed by atoms with van der Waals surface area (Å²) in [7, 11) is -3.57. The van der Waals surface area contributed by atoms with E-state index in [4.69, 9.17) is 9.47 Å². The molecule has 0 radical (unpaired) electrons.